The average Bonchev–Trinajstić information content (AvgIpc) is 2.22. The molecule has 15 heavy (non-hydrogen) atoms. The molecule has 0 radical (unpaired) electrons. The third-order valence-electron chi connectivity index (χ3n) is 2.93. The highest BCUT2D eigenvalue weighted by molar-refractivity contribution is 5.61. The van der Waals surface area contributed by atoms with Gasteiger partial charge in [0.15, 0.2) is 0 Å². The van der Waals surface area contributed by atoms with Gasteiger partial charge in [-0.25, -0.2) is 4.98 Å². The van der Waals surface area contributed by atoms with Crippen LogP contribution in [-0.4, -0.2) is 11.0 Å². The molecule has 1 aromatic rings. The zero-order valence-corrected chi connectivity index (χ0v) is 10.0. The molecule has 1 aromatic heterocycles. The molecular formula is C12H21N3. The molecular weight excluding hydrogens is 186 g/mol. The molecule has 84 valence electrons. The Labute approximate surface area is 92.1 Å². The van der Waals surface area contributed by atoms with Crippen molar-refractivity contribution in [3.05, 3.63) is 17.8 Å². The topological polar surface area (TPSA) is 50.9 Å². The first-order valence-electron chi connectivity index (χ1n) is 5.54. The highest BCUT2D eigenvalue weighted by Gasteiger charge is 2.11. The summed E-state index contributed by atoms with van der Waals surface area (Å²) < 4.78 is 0. The van der Waals surface area contributed by atoms with Crippen LogP contribution < -0.4 is 11.1 Å². The Morgan fingerprint density at radius 3 is 2.67 bits per heavy atom. The van der Waals surface area contributed by atoms with E-state index in [-0.39, 0.29) is 0 Å². The van der Waals surface area contributed by atoms with Gasteiger partial charge >= 0.3 is 0 Å². The van der Waals surface area contributed by atoms with Crippen LogP contribution in [0.2, 0.25) is 0 Å². The zero-order chi connectivity index (χ0) is 11.4. The summed E-state index contributed by atoms with van der Waals surface area (Å²) in [5.41, 5.74) is 7.56. The zero-order valence-electron chi connectivity index (χ0n) is 10.0. The van der Waals surface area contributed by atoms with Crippen LogP contribution >= 0.6 is 0 Å². The van der Waals surface area contributed by atoms with Crippen molar-refractivity contribution in [2.75, 3.05) is 11.1 Å². The molecule has 1 rings (SSSR count). The summed E-state index contributed by atoms with van der Waals surface area (Å²) >= 11 is 0. The van der Waals surface area contributed by atoms with Crippen molar-refractivity contribution in [3.8, 4) is 0 Å². The number of nitrogens with two attached hydrogens (primary N) is 1. The van der Waals surface area contributed by atoms with Gasteiger partial charge < -0.3 is 11.1 Å². The maximum absolute atomic E-state index is 5.85. The Balaban J connectivity index is 2.75. The van der Waals surface area contributed by atoms with Crippen LogP contribution in [0.15, 0.2) is 12.1 Å². The molecule has 3 nitrogen and oxygen atoms in total. The number of nitrogen functional groups attached to an aromatic ring is 1. The van der Waals surface area contributed by atoms with Gasteiger partial charge in [0.25, 0.3) is 0 Å². The Bertz CT molecular complexity index is 323. The van der Waals surface area contributed by atoms with Gasteiger partial charge in [-0.3, -0.25) is 0 Å². The minimum atomic E-state index is 0.395. The molecule has 2 atom stereocenters. The number of rotatable bonds is 4. The first kappa shape index (κ1) is 11.8. The van der Waals surface area contributed by atoms with E-state index in [9.17, 15) is 0 Å². The smallest absolute Gasteiger partial charge is 0.149 e. The molecule has 3 N–H and O–H groups in total. The summed E-state index contributed by atoms with van der Waals surface area (Å²) in [7, 11) is 0. The van der Waals surface area contributed by atoms with E-state index >= 15 is 0 Å². The van der Waals surface area contributed by atoms with E-state index < -0.39 is 0 Å². The molecule has 0 bridgehead atoms. The average molecular weight is 207 g/mol. The van der Waals surface area contributed by atoms with Gasteiger partial charge in [-0.15, -0.1) is 0 Å². The largest absolute Gasteiger partial charge is 0.396 e. The number of anilines is 2. The lowest BCUT2D eigenvalue weighted by Crippen LogP contribution is -2.24. The summed E-state index contributed by atoms with van der Waals surface area (Å²) in [6, 6.07) is 4.22. The molecule has 0 aliphatic carbocycles. The van der Waals surface area contributed by atoms with E-state index in [0.717, 1.165) is 23.6 Å². The number of hydrogen-bond acceptors (Lipinski definition) is 3. The van der Waals surface area contributed by atoms with Gasteiger partial charge in [-0.05, 0) is 31.9 Å². The maximum Gasteiger partial charge on any atom is 0.149 e. The van der Waals surface area contributed by atoms with Crippen molar-refractivity contribution < 1.29 is 0 Å². The van der Waals surface area contributed by atoms with Gasteiger partial charge in [0.05, 0.1) is 5.69 Å². The van der Waals surface area contributed by atoms with Crippen molar-refractivity contribution in [1.29, 1.82) is 0 Å². The molecule has 0 aromatic carbocycles. The van der Waals surface area contributed by atoms with Gasteiger partial charge in [0.2, 0.25) is 0 Å². The molecule has 0 saturated heterocycles. The first-order chi connectivity index (χ1) is 7.04. The summed E-state index contributed by atoms with van der Waals surface area (Å²) in [5, 5.41) is 3.37. The molecule has 3 heteroatoms. The second-order valence-electron chi connectivity index (χ2n) is 4.21. The quantitative estimate of drug-likeness (QED) is 0.798. The van der Waals surface area contributed by atoms with E-state index in [4.69, 9.17) is 5.73 Å². The predicted octanol–water partition coefficient (Wildman–Crippen LogP) is 2.82. The maximum atomic E-state index is 5.85. The fourth-order valence-electron chi connectivity index (χ4n) is 1.39. The SMILES string of the molecule is CCC(C)C(C)Nc1nc(C)ccc1N. The van der Waals surface area contributed by atoms with E-state index in [2.05, 4.69) is 31.1 Å². The lowest BCUT2D eigenvalue weighted by Gasteiger charge is -2.21. The number of nitrogens with zero attached hydrogens (tertiary/aromatic N) is 1. The van der Waals surface area contributed by atoms with E-state index in [1.165, 1.54) is 0 Å². The third-order valence-corrected chi connectivity index (χ3v) is 2.93. The van der Waals surface area contributed by atoms with Gasteiger partial charge in [-0.2, -0.15) is 0 Å². The van der Waals surface area contributed by atoms with Crippen molar-refractivity contribution in [3.63, 3.8) is 0 Å². The molecule has 0 aliphatic heterocycles. The number of aromatic nitrogens is 1. The van der Waals surface area contributed by atoms with E-state index in [0.29, 0.717) is 12.0 Å². The van der Waals surface area contributed by atoms with E-state index in [1.807, 2.05) is 19.1 Å². The first-order valence-corrected chi connectivity index (χ1v) is 5.54. The normalized spacial score (nSPS) is 14.7. The van der Waals surface area contributed by atoms with Crippen LogP contribution in [0.1, 0.15) is 32.9 Å². The van der Waals surface area contributed by atoms with Gasteiger partial charge in [0, 0.05) is 11.7 Å². The third kappa shape index (κ3) is 3.11. The lowest BCUT2D eigenvalue weighted by molar-refractivity contribution is 0.493. The van der Waals surface area contributed by atoms with Gasteiger partial charge in [0.1, 0.15) is 5.82 Å². The minimum Gasteiger partial charge on any atom is -0.396 e. The van der Waals surface area contributed by atoms with E-state index in [1.54, 1.807) is 0 Å². The predicted molar refractivity (Wildman–Crippen MR) is 65.9 cm³/mol. The molecule has 0 fully saturated rings. The molecule has 0 saturated carbocycles. The second kappa shape index (κ2) is 5.01. The van der Waals surface area contributed by atoms with Crippen LogP contribution in [0.25, 0.3) is 0 Å². The second-order valence-corrected chi connectivity index (χ2v) is 4.21. The molecule has 2 unspecified atom stereocenters. The highest BCUT2D eigenvalue weighted by atomic mass is 15.0. The minimum absolute atomic E-state index is 0.395. The van der Waals surface area contributed by atoms with Crippen LogP contribution in [-0.2, 0) is 0 Å². The van der Waals surface area contributed by atoms with Crippen LogP contribution in [0.4, 0.5) is 11.5 Å². The monoisotopic (exact) mass is 207 g/mol. The van der Waals surface area contributed by atoms with Gasteiger partial charge in [-0.1, -0.05) is 20.3 Å². The fourth-order valence-corrected chi connectivity index (χ4v) is 1.39. The lowest BCUT2D eigenvalue weighted by atomic mass is 10.0. The van der Waals surface area contributed by atoms with Crippen molar-refractivity contribution in [2.45, 2.75) is 40.2 Å². The van der Waals surface area contributed by atoms with Crippen molar-refractivity contribution in [2.24, 2.45) is 5.92 Å². The molecule has 1 heterocycles. The summed E-state index contributed by atoms with van der Waals surface area (Å²) in [4.78, 5) is 4.39. The van der Waals surface area contributed by atoms with Crippen LogP contribution in [0, 0.1) is 12.8 Å². The van der Waals surface area contributed by atoms with Crippen molar-refractivity contribution in [1.82, 2.24) is 4.98 Å². The Morgan fingerprint density at radius 2 is 2.07 bits per heavy atom. The number of hydrogen-bond donors (Lipinski definition) is 2. The molecule has 0 spiro atoms. The van der Waals surface area contributed by atoms with Crippen LogP contribution in [0.3, 0.4) is 0 Å². The number of nitrogens with one attached hydrogen (secondary N) is 1. The fraction of sp³-hybridized carbons (Fsp3) is 0.583. The Hall–Kier alpha value is -1.25. The standard InChI is InChI=1S/C12H21N3/c1-5-8(2)10(4)15-12-11(13)7-6-9(3)14-12/h6-8,10H,5,13H2,1-4H3,(H,14,15). The van der Waals surface area contributed by atoms with Crippen molar-refractivity contribution >= 4 is 11.5 Å². The Kier molecular flexibility index (Phi) is 3.95. The molecule has 0 amide bonds. The summed E-state index contributed by atoms with van der Waals surface area (Å²) in [6.07, 6.45) is 1.15. The Morgan fingerprint density at radius 1 is 1.40 bits per heavy atom. The number of pyridine rings is 1. The highest BCUT2D eigenvalue weighted by Crippen LogP contribution is 2.19. The van der Waals surface area contributed by atoms with Crippen LogP contribution in [0.5, 0.6) is 0 Å². The molecule has 0 aliphatic rings. The summed E-state index contributed by atoms with van der Waals surface area (Å²) in [5.74, 6) is 1.43. The number of aryl methyl sites for hydroxylation is 1. The summed E-state index contributed by atoms with van der Waals surface area (Å²) in [6.45, 7) is 8.55.